The van der Waals surface area contributed by atoms with Crippen molar-refractivity contribution in [2.24, 2.45) is 5.92 Å². The van der Waals surface area contributed by atoms with Gasteiger partial charge in [0.15, 0.2) is 0 Å². The number of hydrogen-bond donors (Lipinski definition) is 1. The number of nitrogens with one attached hydrogen (secondary N) is 1. The number of ether oxygens (including phenoxy) is 1. The summed E-state index contributed by atoms with van der Waals surface area (Å²) in [5.41, 5.74) is 2.54. The molecule has 0 spiro atoms. The van der Waals surface area contributed by atoms with Crippen LogP contribution in [0.3, 0.4) is 0 Å². The number of carbonyl (C=O) groups excluding carboxylic acids is 2. The number of halogens is 1. The molecular formula is C36H40FN3O5S. The van der Waals surface area contributed by atoms with Gasteiger partial charge >= 0.3 is 0 Å². The number of aryl methyl sites for hydroxylation is 1. The number of benzene rings is 4. The smallest absolute Gasteiger partial charge is 0.264 e. The van der Waals surface area contributed by atoms with Crippen LogP contribution in [0.1, 0.15) is 30.5 Å². The molecule has 2 amide bonds. The summed E-state index contributed by atoms with van der Waals surface area (Å²) < 4.78 is 48.4. The van der Waals surface area contributed by atoms with Crippen molar-refractivity contribution in [1.82, 2.24) is 10.2 Å². The van der Waals surface area contributed by atoms with E-state index in [2.05, 4.69) is 5.32 Å². The van der Waals surface area contributed by atoms with Crippen LogP contribution in [0.2, 0.25) is 0 Å². The molecule has 0 fully saturated rings. The number of methoxy groups -OCH3 is 1. The van der Waals surface area contributed by atoms with Gasteiger partial charge in [-0.2, -0.15) is 0 Å². The van der Waals surface area contributed by atoms with Crippen LogP contribution in [0.15, 0.2) is 108 Å². The second-order valence-electron chi connectivity index (χ2n) is 11.5. The normalized spacial score (nSPS) is 12.0. The Bertz CT molecular complexity index is 1700. The average Bonchev–Trinajstić information content (AvgIpc) is 3.05. The minimum atomic E-state index is -4.23. The Balaban J connectivity index is 1.79. The highest BCUT2D eigenvalue weighted by atomic mass is 32.2. The van der Waals surface area contributed by atoms with E-state index in [4.69, 9.17) is 4.74 Å². The number of hydrogen-bond acceptors (Lipinski definition) is 5. The Morgan fingerprint density at radius 1 is 0.848 bits per heavy atom. The summed E-state index contributed by atoms with van der Waals surface area (Å²) in [6.07, 6.45) is 0.185. The lowest BCUT2D eigenvalue weighted by Gasteiger charge is -2.34. The van der Waals surface area contributed by atoms with E-state index < -0.39 is 34.3 Å². The van der Waals surface area contributed by atoms with Gasteiger partial charge in [-0.1, -0.05) is 74.0 Å². The molecule has 1 N–H and O–H groups in total. The highest BCUT2D eigenvalue weighted by Gasteiger charge is 2.34. The third kappa shape index (κ3) is 8.94. The number of sulfonamides is 1. The van der Waals surface area contributed by atoms with Gasteiger partial charge in [-0.3, -0.25) is 13.9 Å². The van der Waals surface area contributed by atoms with Crippen LogP contribution >= 0.6 is 0 Å². The summed E-state index contributed by atoms with van der Waals surface area (Å²) in [6.45, 7) is 5.54. The molecule has 10 heteroatoms. The quantitative estimate of drug-likeness (QED) is 0.189. The second-order valence-corrected chi connectivity index (χ2v) is 13.4. The van der Waals surface area contributed by atoms with Crippen molar-refractivity contribution >= 4 is 27.5 Å². The van der Waals surface area contributed by atoms with Crippen LogP contribution in [0.4, 0.5) is 10.1 Å². The fourth-order valence-electron chi connectivity index (χ4n) is 4.88. The van der Waals surface area contributed by atoms with Crippen molar-refractivity contribution in [3.05, 3.63) is 126 Å². The van der Waals surface area contributed by atoms with Crippen molar-refractivity contribution in [3.63, 3.8) is 0 Å². The lowest BCUT2D eigenvalue weighted by Crippen LogP contribution is -2.53. The number of nitrogens with zero attached hydrogens (tertiary/aromatic N) is 2. The molecule has 4 rings (SSSR count). The summed E-state index contributed by atoms with van der Waals surface area (Å²) in [5.74, 6) is -0.730. The predicted molar refractivity (Wildman–Crippen MR) is 177 cm³/mol. The molecular weight excluding hydrogens is 605 g/mol. The summed E-state index contributed by atoms with van der Waals surface area (Å²) in [5, 5.41) is 2.95. The molecule has 8 nitrogen and oxygen atoms in total. The minimum absolute atomic E-state index is 0.0160. The van der Waals surface area contributed by atoms with Gasteiger partial charge in [0.2, 0.25) is 11.8 Å². The fourth-order valence-corrected chi connectivity index (χ4v) is 6.29. The van der Waals surface area contributed by atoms with Crippen LogP contribution in [0.25, 0.3) is 0 Å². The molecule has 0 heterocycles. The van der Waals surface area contributed by atoms with Gasteiger partial charge in [-0.15, -0.1) is 0 Å². The maximum atomic E-state index is 14.5. The Morgan fingerprint density at radius 2 is 1.48 bits per heavy atom. The summed E-state index contributed by atoms with van der Waals surface area (Å²) in [4.78, 5) is 29.7. The number of carbonyl (C=O) groups is 2. The monoisotopic (exact) mass is 645 g/mol. The van der Waals surface area contributed by atoms with Gasteiger partial charge in [0, 0.05) is 19.5 Å². The summed E-state index contributed by atoms with van der Waals surface area (Å²) in [6, 6.07) is 26.7. The lowest BCUT2D eigenvalue weighted by atomic mass is 10.0. The lowest BCUT2D eigenvalue weighted by molar-refractivity contribution is -0.140. The largest absolute Gasteiger partial charge is 0.497 e. The van der Waals surface area contributed by atoms with E-state index in [1.807, 2.05) is 51.1 Å². The van der Waals surface area contributed by atoms with Crippen molar-refractivity contribution in [2.75, 3.05) is 24.5 Å². The average molecular weight is 646 g/mol. The zero-order valence-electron chi connectivity index (χ0n) is 26.5. The molecule has 0 saturated carbocycles. The standard InChI is InChI=1S/C36H40FN3O5S/c1-26(2)23-38-36(42)34(22-28-8-6-5-7-9-28)39(24-29-12-14-30(37)15-13-29)35(41)25-40(31-16-18-32(45-4)19-17-31)46(43,44)33-20-10-27(3)11-21-33/h5-21,26,34H,22-25H2,1-4H3,(H,38,42)/t34-/m0/s1. The van der Waals surface area contributed by atoms with Gasteiger partial charge in [-0.05, 0) is 72.5 Å². The maximum Gasteiger partial charge on any atom is 0.264 e. The van der Waals surface area contributed by atoms with Gasteiger partial charge in [0.05, 0.1) is 17.7 Å². The van der Waals surface area contributed by atoms with Crippen molar-refractivity contribution in [3.8, 4) is 5.75 Å². The first kappa shape index (κ1) is 34.2. The van der Waals surface area contributed by atoms with Crippen molar-refractivity contribution < 1.29 is 27.1 Å². The molecule has 0 radical (unpaired) electrons. The van der Waals surface area contributed by atoms with E-state index in [0.717, 1.165) is 15.4 Å². The van der Waals surface area contributed by atoms with Gasteiger partial charge in [0.25, 0.3) is 10.0 Å². The molecule has 4 aromatic rings. The zero-order chi connectivity index (χ0) is 33.3. The SMILES string of the molecule is COc1ccc(N(CC(=O)N(Cc2ccc(F)cc2)[C@@H](Cc2ccccc2)C(=O)NCC(C)C)S(=O)(=O)c2ccc(C)cc2)cc1. The Kier molecular flexibility index (Phi) is 11.5. The molecule has 0 saturated heterocycles. The van der Waals surface area contributed by atoms with Crippen LogP contribution in [-0.4, -0.2) is 51.4 Å². The predicted octanol–water partition coefficient (Wildman–Crippen LogP) is 5.75. The third-order valence-electron chi connectivity index (χ3n) is 7.47. The van der Waals surface area contributed by atoms with E-state index in [1.165, 1.54) is 36.3 Å². The number of amides is 2. The van der Waals surface area contributed by atoms with E-state index in [0.29, 0.717) is 17.9 Å². The van der Waals surface area contributed by atoms with Crippen LogP contribution < -0.4 is 14.4 Å². The maximum absolute atomic E-state index is 14.5. The van der Waals surface area contributed by atoms with Gasteiger partial charge in [-0.25, -0.2) is 12.8 Å². The van der Waals surface area contributed by atoms with E-state index >= 15 is 0 Å². The Hall–Kier alpha value is -4.70. The van der Waals surface area contributed by atoms with Gasteiger partial charge < -0.3 is 15.0 Å². The van der Waals surface area contributed by atoms with Crippen LogP contribution in [0.5, 0.6) is 5.75 Å². The van der Waals surface area contributed by atoms with Gasteiger partial charge in [0.1, 0.15) is 24.2 Å². The first-order chi connectivity index (χ1) is 22.0. The second kappa shape index (κ2) is 15.5. The molecule has 4 aromatic carbocycles. The summed E-state index contributed by atoms with van der Waals surface area (Å²) in [7, 11) is -2.73. The molecule has 0 bridgehead atoms. The fraction of sp³-hybridized carbons (Fsp3) is 0.278. The molecule has 46 heavy (non-hydrogen) atoms. The minimum Gasteiger partial charge on any atom is -0.497 e. The summed E-state index contributed by atoms with van der Waals surface area (Å²) >= 11 is 0. The molecule has 0 unspecified atom stereocenters. The van der Waals surface area contributed by atoms with Crippen LogP contribution in [0, 0.1) is 18.7 Å². The van der Waals surface area contributed by atoms with E-state index in [-0.39, 0.29) is 35.4 Å². The Labute approximate surface area is 270 Å². The highest BCUT2D eigenvalue weighted by molar-refractivity contribution is 7.92. The number of anilines is 1. The van der Waals surface area contributed by atoms with Crippen molar-refractivity contribution in [2.45, 2.75) is 44.7 Å². The molecule has 242 valence electrons. The highest BCUT2D eigenvalue weighted by Crippen LogP contribution is 2.27. The van der Waals surface area contributed by atoms with Crippen molar-refractivity contribution in [1.29, 1.82) is 0 Å². The topological polar surface area (TPSA) is 96.0 Å². The van der Waals surface area contributed by atoms with E-state index in [9.17, 15) is 22.4 Å². The zero-order valence-corrected chi connectivity index (χ0v) is 27.3. The van der Waals surface area contributed by atoms with Crippen LogP contribution in [-0.2, 0) is 32.6 Å². The first-order valence-corrected chi connectivity index (χ1v) is 16.5. The third-order valence-corrected chi connectivity index (χ3v) is 9.26. The molecule has 0 aromatic heterocycles. The molecule has 0 aliphatic carbocycles. The molecule has 0 aliphatic heterocycles. The first-order valence-electron chi connectivity index (χ1n) is 15.1. The number of rotatable bonds is 14. The molecule has 1 atom stereocenters. The molecule has 0 aliphatic rings. The van der Waals surface area contributed by atoms with E-state index in [1.54, 1.807) is 48.5 Å². The Morgan fingerprint density at radius 3 is 2.07 bits per heavy atom.